The highest BCUT2D eigenvalue weighted by molar-refractivity contribution is 5.91. The SMILES string of the molecule is C.CN(C(=O)/C=C/c1ccoc1)[C@@H]1CC[C@@]2(O)[C@H]3Cc4ccc(O)c5c4[C@@]2(CCN3CC2CC2)[C@H]1O5. The van der Waals surface area contributed by atoms with E-state index in [-0.39, 0.29) is 31.2 Å². The normalized spacial score (nSPS) is 34.1. The van der Waals surface area contributed by atoms with Crippen LogP contribution in [0.4, 0.5) is 0 Å². The number of likely N-dealkylation sites (tertiary alicyclic amines) is 1. The largest absolute Gasteiger partial charge is 0.504 e. The van der Waals surface area contributed by atoms with Gasteiger partial charge in [-0.2, -0.15) is 0 Å². The zero-order chi connectivity index (χ0) is 23.9. The fourth-order valence-electron chi connectivity index (χ4n) is 7.67. The van der Waals surface area contributed by atoms with Gasteiger partial charge in [-0.1, -0.05) is 13.5 Å². The number of hydrogen-bond acceptors (Lipinski definition) is 6. The first kappa shape index (κ1) is 23.6. The fraction of sp³-hybridized carbons (Fsp3) is 0.552. The molecular formula is C29H36N2O5. The molecule has 0 unspecified atom stereocenters. The molecular weight excluding hydrogens is 456 g/mol. The van der Waals surface area contributed by atoms with Crippen molar-refractivity contribution in [3.8, 4) is 11.5 Å². The minimum Gasteiger partial charge on any atom is -0.504 e. The molecule has 7 nitrogen and oxygen atoms in total. The van der Waals surface area contributed by atoms with Crippen molar-refractivity contribution in [2.45, 2.75) is 75.2 Å². The third-order valence-corrected chi connectivity index (χ3v) is 9.54. The number of likely N-dealkylation sites (N-methyl/N-ethyl adjacent to an activating group) is 1. The fourth-order valence-corrected chi connectivity index (χ4v) is 7.67. The Bertz CT molecular complexity index is 1200. The number of aliphatic hydroxyl groups is 1. The summed E-state index contributed by atoms with van der Waals surface area (Å²) in [6.07, 6.45) is 11.5. The number of furan rings is 1. The summed E-state index contributed by atoms with van der Waals surface area (Å²) in [6.45, 7) is 1.96. The number of phenols is 1. The lowest BCUT2D eigenvalue weighted by Crippen LogP contribution is -2.78. The number of carbonyl (C=O) groups excluding carboxylic acids is 1. The van der Waals surface area contributed by atoms with Crippen molar-refractivity contribution in [3.05, 3.63) is 53.5 Å². The van der Waals surface area contributed by atoms with Gasteiger partial charge in [-0.05, 0) is 74.8 Å². The second-order valence-corrected chi connectivity index (χ2v) is 11.2. The van der Waals surface area contributed by atoms with Crippen molar-refractivity contribution in [1.82, 2.24) is 9.80 Å². The molecule has 3 aliphatic carbocycles. The molecule has 3 heterocycles. The van der Waals surface area contributed by atoms with E-state index >= 15 is 0 Å². The quantitative estimate of drug-likeness (QED) is 0.619. The number of rotatable bonds is 5. The van der Waals surface area contributed by atoms with Gasteiger partial charge in [0.25, 0.3) is 0 Å². The van der Waals surface area contributed by atoms with Crippen LogP contribution < -0.4 is 4.74 Å². The summed E-state index contributed by atoms with van der Waals surface area (Å²) in [5.74, 6) is 1.28. The number of ether oxygens (including phenoxy) is 1. The number of piperidine rings is 1. The van der Waals surface area contributed by atoms with Crippen LogP contribution in [0.2, 0.25) is 0 Å². The molecule has 36 heavy (non-hydrogen) atoms. The van der Waals surface area contributed by atoms with Crippen LogP contribution in [0.25, 0.3) is 6.08 Å². The van der Waals surface area contributed by atoms with E-state index in [0.717, 1.165) is 43.0 Å². The summed E-state index contributed by atoms with van der Waals surface area (Å²) in [5.41, 5.74) is 1.44. The topological polar surface area (TPSA) is 86.4 Å². The van der Waals surface area contributed by atoms with Crippen molar-refractivity contribution >= 4 is 12.0 Å². The van der Waals surface area contributed by atoms with Gasteiger partial charge in [0.05, 0.1) is 29.6 Å². The second kappa shape index (κ2) is 8.12. The summed E-state index contributed by atoms with van der Waals surface area (Å²) < 4.78 is 11.7. The van der Waals surface area contributed by atoms with E-state index in [1.165, 1.54) is 18.4 Å². The molecule has 0 radical (unpaired) electrons. The predicted molar refractivity (Wildman–Crippen MR) is 136 cm³/mol. The Morgan fingerprint density at radius 1 is 1.25 bits per heavy atom. The number of carbonyl (C=O) groups is 1. The van der Waals surface area contributed by atoms with Crippen molar-refractivity contribution < 1.29 is 24.2 Å². The van der Waals surface area contributed by atoms with Crippen LogP contribution in [-0.4, -0.2) is 69.8 Å². The molecule has 2 aliphatic heterocycles. The van der Waals surface area contributed by atoms with Crippen LogP contribution in [0.15, 0.2) is 41.2 Å². The zero-order valence-corrected chi connectivity index (χ0v) is 20.0. The summed E-state index contributed by atoms with van der Waals surface area (Å²) in [7, 11) is 1.82. The van der Waals surface area contributed by atoms with E-state index in [1.807, 2.05) is 19.2 Å². The van der Waals surface area contributed by atoms with Gasteiger partial charge in [-0.3, -0.25) is 9.69 Å². The first-order chi connectivity index (χ1) is 16.9. The molecule has 2 bridgehead atoms. The van der Waals surface area contributed by atoms with Crippen LogP contribution >= 0.6 is 0 Å². The van der Waals surface area contributed by atoms with Gasteiger partial charge in [0.15, 0.2) is 11.5 Å². The Labute approximate surface area is 212 Å². The molecule has 5 atom stereocenters. The lowest BCUT2D eigenvalue weighted by molar-refractivity contribution is -0.200. The van der Waals surface area contributed by atoms with Gasteiger partial charge in [-0.25, -0.2) is 0 Å². The molecule has 1 saturated heterocycles. The number of hydrogen-bond donors (Lipinski definition) is 2. The predicted octanol–water partition coefficient (Wildman–Crippen LogP) is 3.73. The molecule has 2 saturated carbocycles. The number of aromatic hydroxyl groups is 1. The Morgan fingerprint density at radius 3 is 2.83 bits per heavy atom. The summed E-state index contributed by atoms with van der Waals surface area (Å²) >= 11 is 0. The molecule has 1 aromatic carbocycles. The summed E-state index contributed by atoms with van der Waals surface area (Å²) in [6, 6.07) is 5.38. The molecule has 1 amide bonds. The van der Waals surface area contributed by atoms with Crippen LogP contribution in [0.3, 0.4) is 0 Å². The smallest absolute Gasteiger partial charge is 0.246 e. The number of amides is 1. The van der Waals surface area contributed by atoms with Crippen molar-refractivity contribution in [2.24, 2.45) is 5.92 Å². The Balaban J connectivity index is 0.00000240. The third kappa shape index (κ3) is 3.08. The molecule has 192 valence electrons. The average molecular weight is 493 g/mol. The molecule has 7 heteroatoms. The van der Waals surface area contributed by atoms with Crippen LogP contribution in [0, 0.1) is 5.92 Å². The van der Waals surface area contributed by atoms with Gasteiger partial charge in [0, 0.05) is 36.8 Å². The molecule has 3 fully saturated rings. The van der Waals surface area contributed by atoms with E-state index in [2.05, 4.69) is 4.90 Å². The maximum absolute atomic E-state index is 13.2. The average Bonchev–Trinajstić information content (AvgIpc) is 3.36. The lowest BCUT2D eigenvalue weighted by Gasteiger charge is -2.64. The summed E-state index contributed by atoms with van der Waals surface area (Å²) in [5, 5.41) is 23.3. The molecule has 1 aromatic heterocycles. The third-order valence-electron chi connectivity index (χ3n) is 9.54. The van der Waals surface area contributed by atoms with E-state index in [4.69, 9.17) is 9.15 Å². The van der Waals surface area contributed by atoms with Gasteiger partial charge >= 0.3 is 0 Å². The van der Waals surface area contributed by atoms with E-state index in [9.17, 15) is 15.0 Å². The Kier molecular flexibility index (Phi) is 5.33. The highest BCUT2D eigenvalue weighted by Gasteiger charge is 2.73. The number of benzene rings is 1. The zero-order valence-electron chi connectivity index (χ0n) is 20.0. The van der Waals surface area contributed by atoms with Crippen molar-refractivity contribution in [3.63, 3.8) is 0 Å². The highest BCUT2D eigenvalue weighted by Crippen LogP contribution is 2.66. The maximum Gasteiger partial charge on any atom is 0.246 e. The van der Waals surface area contributed by atoms with Crippen LogP contribution in [0.5, 0.6) is 11.5 Å². The molecule has 7 rings (SSSR count). The van der Waals surface area contributed by atoms with E-state index in [0.29, 0.717) is 18.6 Å². The van der Waals surface area contributed by atoms with Crippen molar-refractivity contribution in [2.75, 3.05) is 20.1 Å². The number of phenolic OH excluding ortho intramolecular Hbond substituents is 1. The first-order valence-corrected chi connectivity index (χ1v) is 12.9. The van der Waals surface area contributed by atoms with Crippen molar-refractivity contribution in [1.29, 1.82) is 0 Å². The number of nitrogens with zero attached hydrogens (tertiary/aromatic N) is 2. The van der Waals surface area contributed by atoms with Crippen LogP contribution in [0.1, 0.15) is 56.2 Å². The van der Waals surface area contributed by atoms with Gasteiger partial charge in [0.2, 0.25) is 5.91 Å². The Morgan fingerprint density at radius 2 is 2.08 bits per heavy atom. The van der Waals surface area contributed by atoms with Gasteiger partial charge in [-0.15, -0.1) is 0 Å². The molecule has 2 N–H and O–H groups in total. The monoisotopic (exact) mass is 492 g/mol. The second-order valence-electron chi connectivity index (χ2n) is 11.2. The minimum absolute atomic E-state index is 0. The molecule has 2 aromatic rings. The van der Waals surface area contributed by atoms with E-state index in [1.54, 1.807) is 35.6 Å². The van der Waals surface area contributed by atoms with E-state index < -0.39 is 17.1 Å². The Hall–Kier alpha value is -2.77. The minimum atomic E-state index is -0.941. The molecule has 1 spiro atoms. The first-order valence-electron chi connectivity index (χ1n) is 12.9. The standard InChI is InChI=1S/C28H32N2O5.CH4/c1-29(23(32)7-4-18-9-13-34-16-18)20-8-10-28(33)22-14-19-5-6-21(31)25-24(19)27(28,26(20)35-25)11-12-30(22)15-17-2-3-17;/h4-7,9,13,16-17,20,22,26,31,33H,2-3,8,10-12,14-15H2,1H3;1H4/b7-4+;/t20-,22-,26+,27+,28-;/m1./s1. The van der Waals surface area contributed by atoms with Crippen LogP contribution in [-0.2, 0) is 16.6 Å². The maximum atomic E-state index is 13.2. The summed E-state index contributed by atoms with van der Waals surface area (Å²) in [4.78, 5) is 17.5. The van der Waals surface area contributed by atoms with Gasteiger partial charge < -0.3 is 24.3 Å². The molecule has 5 aliphatic rings. The lowest BCUT2D eigenvalue weighted by atomic mass is 9.48. The highest BCUT2D eigenvalue weighted by atomic mass is 16.5. The van der Waals surface area contributed by atoms with Gasteiger partial charge in [0.1, 0.15) is 6.10 Å².